The molecule has 16 heavy (non-hydrogen) atoms. The molecule has 0 bridgehead atoms. The Morgan fingerprint density at radius 3 is 1.69 bits per heavy atom. The monoisotopic (exact) mass is 248 g/mol. The molecule has 0 aromatic carbocycles. The molecule has 0 aromatic heterocycles. The summed E-state index contributed by atoms with van der Waals surface area (Å²) in [6.45, 7) is 4.91. The fourth-order valence-electron chi connectivity index (χ4n) is 0.939. The van der Waals surface area contributed by atoms with Gasteiger partial charge in [-0.1, -0.05) is 26.7 Å². The molecular formula is C10H18Na2O4. The van der Waals surface area contributed by atoms with Crippen molar-refractivity contribution in [1.82, 2.24) is 0 Å². The topological polar surface area (TPSA) is 80.3 Å². The van der Waals surface area contributed by atoms with Gasteiger partial charge in [0.15, 0.2) is 0 Å². The average molecular weight is 248 g/mol. The van der Waals surface area contributed by atoms with Crippen molar-refractivity contribution in [3.63, 3.8) is 0 Å². The second-order valence-corrected chi connectivity index (χ2v) is 3.06. The summed E-state index contributed by atoms with van der Waals surface area (Å²) >= 11 is 0. The molecule has 0 aliphatic carbocycles. The number of carboxylic acid groups (broad SMARTS) is 2. The number of aliphatic carboxylic acids is 2. The first-order valence-corrected chi connectivity index (χ1v) is 4.84. The van der Waals surface area contributed by atoms with E-state index in [0.717, 1.165) is 26.2 Å². The number of carboxylic acids is 2. The maximum absolute atomic E-state index is 10.3. The minimum atomic E-state index is -1.08. The molecular weight excluding hydrogens is 230 g/mol. The third-order valence-corrected chi connectivity index (χ3v) is 1.73. The number of carbonyl (C=O) groups is 2. The van der Waals surface area contributed by atoms with Crippen LogP contribution in [0.5, 0.6) is 0 Å². The van der Waals surface area contributed by atoms with Gasteiger partial charge in [0.1, 0.15) is 0 Å². The molecule has 0 aromatic rings. The van der Waals surface area contributed by atoms with Crippen molar-refractivity contribution in [3.8, 4) is 0 Å². The van der Waals surface area contributed by atoms with Crippen molar-refractivity contribution in [2.75, 3.05) is 0 Å². The van der Waals surface area contributed by atoms with Crippen LogP contribution in [0, 0.1) is 5.92 Å². The summed E-state index contributed by atoms with van der Waals surface area (Å²) in [7, 11) is 0. The molecule has 0 radical (unpaired) electrons. The summed E-state index contributed by atoms with van der Waals surface area (Å²) in [5, 5.41) is 19.2. The molecule has 0 N–H and O–H groups in total. The van der Waals surface area contributed by atoms with Crippen LogP contribution in [-0.4, -0.2) is 11.9 Å². The molecule has 0 heterocycles. The smallest absolute Gasteiger partial charge is 0.550 e. The quantitative estimate of drug-likeness (QED) is 0.453. The van der Waals surface area contributed by atoms with Crippen LogP contribution in [0.25, 0.3) is 0 Å². The predicted octanol–water partition coefficient (Wildman–Crippen LogP) is -6.28. The van der Waals surface area contributed by atoms with E-state index in [1.54, 1.807) is 0 Å². The Balaban J connectivity index is -0.000000105. The first-order chi connectivity index (χ1) is 6.45. The van der Waals surface area contributed by atoms with Gasteiger partial charge in [-0.05, 0) is 25.7 Å². The maximum Gasteiger partial charge on any atom is 1.00 e. The van der Waals surface area contributed by atoms with Gasteiger partial charge >= 0.3 is 59.1 Å². The van der Waals surface area contributed by atoms with Gasteiger partial charge in [0.2, 0.25) is 0 Å². The summed E-state index contributed by atoms with van der Waals surface area (Å²) < 4.78 is 0. The van der Waals surface area contributed by atoms with E-state index in [4.69, 9.17) is 9.90 Å². The van der Waals surface area contributed by atoms with E-state index < -0.39 is 11.9 Å². The Labute approximate surface area is 142 Å². The van der Waals surface area contributed by atoms with Crippen LogP contribution in [0.3, 0.4) is 0 Å². The van der Waals surface area contributed by atoms with Crippen molar-refractivity contribution in [3.05, 3.63) is 0 Å². The van der Waals surface area contributed by atoms with Gasteiger partial charge in [0.05, 0.1) is 0 Å². The number of hydrogen-bond donors (Lipinski definition) is 0. The standard InChI is InChI=1S/C8H16O2.C2H4O2.2Na/c1-3-5-6-7(4-2)8(9)10;1-2(3)4;;/h7H,3-6H2,1-2H3,(H,9,10);1H3,(H,3,4);;/q;;2*+1/p-2. The molecule has 1 unspecified atom stereocenters. The van der Waals surface area contributed by atoms with Gasteiger partial charge in [-0.2, -0.15) is 0 Å². The Morgan fingerprint density at radius 1 is 1.12 bits per heavy atom. The third-order valence-electron chi connectivity index (χ3n) is 1.73. The molecule has 0 amide bonds. The Kier molecular flexibility index (Phi) is 29.4. The van der Waals surface area contributed by atoms with E-state index in [9.17, 15) is 9.90 Å². The van der Waals surface area contributed by atoms with Crippen LogP contribution in [0.15, 0.2) is 0 Å². The van der Waals surface area contributed by atoms with Gasteiger partial charge in [-0.3, -0.25) is 0 Å². The van der Waals surface area contributed by atoms with E-state index in [-0.39, 0.29) is 65.0 Å². The maximum atomic E-state index is 10.3. The number of rotatable bonds is 5. The summed E-state index contributed by atoms with van der Waals surface area (Å²) in [5.41, 5.74) is 0. The minimum Gasteiger partial charge on any atom is -0.550 e. The van der Waals surface area contributed by atoms with E-state index >= 15 is 0 Å². The van der Waals surface area contributed by atoms with E-state index in [1.807, 2.05) is 6.92 Å². The third kappa shape index (κ3) is 24.3. The molecule has 0 aliphatic heterocycles. The SMILES string of the molecule is CC(=O)[O-].CCCCC(CC)C(=O)[O-].[Na+].[Na+]. The minimum absolute atomic E-state index is 0. The number of hydrogen-bond acceptors (Lipinski definition) is 4. The van der Waals surface area contributed by atoms with Crippen molar-refractivity contribution in [2.24, 2.45) is 5.92 Å². The van der Waals surface area contributed by atoms with Crippen molar-refractivity contribution in [2.45, 2.75) is 46.5 Å². The van der Waals surface area contributed by atoms with Crippen molar-refractivity contribution < 1.29 is 78.9 Å². The first kappa shape index (κ1) is 25.7. The summed E-state index contributed by atoms with van der Waals surface area (Å²) in [6, 6.07) is 0. The van der Waals surface area contributed by atoms with E-state index in [0.29, 0.717) is 6.42 Å². The molecule has 84 valence electrons. The molecule has 0 saturated carbocycles. The van der Waals surface area contributed by atoms with Crippen molar-refractivity contribution in [1.29, 1.82) is 0 Å². The van der Waals surface area contributed by atoms with Crippen molar-refractivity contribution >= 4 is 11.9 Å². The van der Waals surface area contributed by atoms with Gasteiger partial charge in [-0.25, -0.2) is 0 Å². The number of carbonyl (C=O) groups excluding carboxylic acids is 2. The second kappa shape index (κ2) is 18.3. The van der Waals surface area contributed by atoms with Gasteiger partial charge in [-0.15, -0.1) is 0 Å². The Morgan fingerprint density at radius 2 is 1.50 bits per heavy atom. The zero-order valence-electron chi connectivity index (χ0n) is 11.0. The second-order valence-electron chi connectivity index (χ2n) is 3.06. The Bertz CT molecular complexity index is 170. The van der Waals surface area contributed by atoms with Crippen LogP contribution in [0.1, 0.15) is 46.5 Å². The predicted molar refractivity (Wildman–Crippen MR) is 49.0 cm³/mol. The molecule has 0 spiro atoms. The summed E-state index contributed by atoms with van der Waals surface area (Å²) in [4.78, 5) is 19.2. The molecule has 0 saturated heterocycles. The molecule has 6 heteroatoms. The molecule has 4 nitrogen and oxygen atoms in total. The van der Waals surface area contributed by atoms with Crippen LogP contribution in [0.2, 0.25) is 0 Å². The van der Waals surface area contributed by atoms with Crippen LogP contribution in [-0.2, 0) is 9.59 Å². The van der Waals surface area contributed by atoms with Gasteiger partial charge in [0.25, 0.3) is 0 Å². The summed E-state index contributed by atoms with van der Waals surface area (Å²) in [6.07, 6.45) is 3.52. The molecule has 0 rings (SSSR count). The summed E-state index contributed by atoms with van der Waals surface area (Å²) in [5.74, 6) is -2.20. The molecule has 0 aliphatic rings. The first-order valence-electron chi connectivity index (χ1n) is 4.84. The molecule has 0 fully saturated rings. The Hall–Kier alpha value is 0.940. The molecule has 1 atom stereocenters. The fraction of sp³-hybridized carbons (Fsp3) is 0.800. The largest absolute Gasteiger partial charge is 1.00 e. The van der Waals surface area contributed by atoms with Crippen LogP contribution >= 0.6 is 0 Å². The zero-order chi connectivity index (χ0) is 11.6. The average Bonchev–Trinajstić information content (AvgIpc) is 2.04. The van der Waals surface area contributed by atoms with E-state index in [2.05, 4.69) is 6.92 Å². The fourth-order valence-corrected chi connectivity index (χ4v) is 0.939. The normalized spacial score (nSPS) is 9.69. The van der Waals surface area contributed by atoms with Crippen LogP contribution < -0.4 is 69.3 Å². The van der Waals surface area contributed by atoms with Gasteiger partial charge < -0.3 is 19.8 Å². The van der Waals surface area contributed by atoms with Crippen LogP contribution in [0.4, 0.5) is 0 Å². The van der Waals surface area contributed by atoms with Gasteiger partial charge in [0, 0.05) is 11.9 Å². The zero-order valence-corrected chi connectivity index (χ0v) is 15.0. The van der Waals surface area contributed by atoms with E-state index in [1.165, 1.54) is 0 Å². The number of unbranched alkanes of at least 4 members (excludes halogenated alkanes) is 1.